The van der Waals surface area contributed by atoms with Crippen molar-refractivity contribution in [2.24, 2.45) is 0 Å². The molecule has 2 saturated heterocycles. The zero-order valence-electron chi connectivity index (χ0n) is 12.5. The van der Waals surface area contributed by atoms with Gasteiger partial charge in [-0.2, -0.15) is 0 Å². The van der Waals surface area contributed by atoms with E-state index in [4.69, 9.17) is 9.47 Å². The Hall–Kier alpha value is -2.09. The monoisotopic (exact) mass is 382 g/mol. The molecular weight excluding hydrogens is 368 g/mol. The molecule has 3 rings (SSSR count). The SMILES string of the molecule is COc1ccc(Br)c(C(=O)N2CCC(N3C(=O)COC3=O)C2)c1. The molecule has 122 valence electrons. The number of carbonyl (C=O) groups excluding carboxylic acids is 3. The number of ether oxygens (including phenoxy) is 2. The summed E-state index contributed by atoms with van der Waals surface area (Å²) in [5.74, 6) is 0.0701. The van der Waals surface area contributed by atoms with Gasteiger partial charge in [-0.1, -0.05) is 0 Å². The fraction of sp³-hybridized carbons (Fsp3) is 0.400. The topological polar surface area (TPSA) is 76.2 Å². The van der Waals surface area contributed by atoms with Gasteiger partial charge < -0.3 is 14.4 Å². The van der Waals surface area contributed by atoms with Gasteiger partial charge in [-0.25, -0.2) is 9.69 Å². The van der Waals surface area contributed by atoms with Crippen molar-refractivity contribution in [2.75, 3.05) is 26.8 Å². The highest BCUT2D eigenvalue weighted by Gasteiger charge is 2.41. The lowest BCUT2D eigenvalue weighted by Gasteiger charge is -2.21. The summed E-state index contributed by atoms with van der Waals surface area (Å²) < 4.78 is 10.5. The van der Waals surface area contributed by atoms with Crippen molar-refractivity contribution in [1.82, 2.24) is 9.80 Å². The van der Waals surface area contributed by atoms with Crippen LogP contribution in [0.1, 0.15) is 16.8 Å². The van der Waals surface area contributed by atoms with Crippen LogP contribution in [0.25, 0.3) is 0 Å². The Morgan fingerprint density at radius 3 is 2.83 bits per heavy atom. The first kappa shape index (κ1) is 15.8. The first-order valence-electron chi connectivity index (χ1n) is 7.13. The van der Waals surface area contributed by atoms with E-state index in [2.05, 4.69) is 15.9 Å². The lowest BCUT2D eigenvalue weighted by molar-refractivity contribution is -0.127. The second-order valence-corrected chi connectivity index (χ2v) is 6.21. The predicted molar refractivity (Wildman–Crippen MR) is 83.2 cm³/mol. The van der Waals surface area contributed by atoms with E-state index in [1.165, 1.54) is 7.11 Å². The van der Waals surface area contributed by atoms with E-state index >= 15 is 0 Å². The van der Waals surface area contributed by atoms with Gasteiger partial charge in [-0.15, -0.1) is 0 Å². The normalized spacial score (nSPS) is 20.9. The average Bonchev–Trinajstić information content (AvgIpc) is 3.14. The number of halogens is 1. The molecule has 8 heteroatoms. The van der Waals surface area contributed by atoms with Crippen LogP contribution in [0.15, 0.2) is 22.7 Å². The number of carbonyl (C=O) groups is 3. The predicted octanol–water partition coefficient (Wildman–Crippen LogP) is 1.65. The molecule has 1 unspecified atom stereocenters. The molecule has 2 aliphatic rings. The summed E-state index contributed by atoms with van der Waals surface area (Å²) in [4.78, 5) is 38.7. The summed E-state index contributed by atoms with van der Waals surface area (Å²) in [5, 5.41) is 0. The first-order valence-corrected chi connectivity index (χ1v) is 7.92. The summed E-state index contributed by atoms with van der Waals surface area (Å²) in [6.07, 6.45) is -0.0781. The molecule has 0 N–H and O–H groups in total. The second kappa shape index (κ2) is 6.19. The van der Waals surface area contributed by atoms with Crippen LogP contribution in [0.5, 0.6) is 5.75 Å². The van der Waals surface area contributed by atoms with Crippen molar-refractivity contribution < 1.29 is 23.9 Å². The largest absolute Gasteiger partial charge is 0.497 e. The van der Waals surface area contributed by atoms with Gasteiger partial charge in [-0.3, -0.25) is 9.59 Å². The van der Waals surface area contributed by atoms with Gasteiger partial charge in [0.2, 0.25) is 0 Å². The number of methoxy groups -OCH3 is 1. The Balaban J connectivity index is 1.75. The third-order valence-electron chi connectivity index (χ3n) is 4.00. The third kappa shape index (κ3) is 2.90. The van der Waals surface area contributed by atoms with Gasteiger partial charge in [0.15, 0.2) is 6.61 Å². The summed E-state index contributed by atoms with van der Waals surface area (Å²) in [5.41, 5.74) is 0.486. The Kier molecular flexibility index (Phi) is 4.25. The first-order chi connectivity index (χ1) is 11.0. The maximum absolute atomic E-state index is 12.7. The standard InChI is InChI=1S/C15H15BrN2O5/c1-22-10-2-3-12(16)11(6-10)14(20)17-5-4-9(7-17)18-13(19)8-23-15(18)21/h2-3,6,9H,4-5,7-8H2,1H3. The van der Waals surface area contributed by atoms with E-state index in [9.17, 15) is 14.4 Å². The Morgan fingerprint density at radius 2 is 2.17 bits per heavy atom. The minimum absolute atomic E-state index is 0.168. The molecule has 2 fully saturated rings. The van der Waals surface area contributed by atoms with Crippen LogP contribution < -0.4 is 4.74 Å². The van der Waals surface area contributed by atoms with Crippen LogP contribution in [0.4, 0.5) is 4.79 Å². The molecule has 0 saturated carbocycles. The van der Waals surface area contributed by atoms with Crippen LogP contribution in [-0.4, -0.2) is 60.6 Å². The highest BCUT2D eigenvalue weighted by atomic mass is 79.9. The van der Waals surface area contributed by atoms with E-state index in [0.29, 0.717) is 35.3 Å². The lowest BCUT2D eigenvalue weighted by atomic mass is 10.2. The third-order valence-corrected chi connectivity index (χ3v) is 4.70. The molecule has 1 aromatic carbocycles. The number of benzene rings is 1. The summed E-state index contributed by atoms with van der Waals surface area (Å²) in [6, 6.07) is 4.84. The molecule has 2 aliphatic heterocycles. The fourth-order valence-corrected chi connectivity index (χ4v) is 3.24. The summed E-state index contributed by atoms with van der Waals surface area (Å²) in [7, 11) is 1.54. The van der Waals surface area contributed by atoms with E-state index in [-0.39, 0.29) is 24.5 Å². The Bertz CT molecular complexity index is 662. The fourth-order valence-electron chi connectivity index (χ4n) is 2.82. The summed E-state index contributed by atoms with van der Waals surface area (Å²) in [6.45, 7) is 0.568. The van der Waals surface area contributed by atoms with Gasteiger partial charge in [-0.05, 0) is 40.5 Å². The minimum atomic E-state index is -0.628. The molecule has 0 aliphatic carbocycles. The van der Waals surface area contributed by atoms with Crippen LogP contribution in [0, 0.1) is 0 Å². The highest BCUT2D eigenvalue weighted by Crippen LogP contribution is 2.27. The lowest BCUT2D eigenvalue weighted by Crippen LogP contribution is -2.42. The van der Waals surface area contributed by atoms with E-state index in [1.807, 2.05) is 0 Å². The van der Waals surface area contributed by atoms with Crippen LogP contribution in [-0.2, 0) is 9.53 Å². The molecule has 2 heterocycles. The van der Waals surface area contributed by atoms with Crippen molar-refractivity contribution in [3.63, 3.8) is 0 Å². The van der Waals surface area contributed by atoms with Crippen LogP contribution in [0.3, 0.4) is 0 Å². The number of amides is 3. The van der Waals surface area contributed by atoms with Crippen LogP contribution in [0.2, 0.25) is 0 Å². The molecule has 0 aromatic heterocycles. The molecule has 23 heavy (non-hydrogen) atoms. The van der Waals surface area contributed by atoms with Crippen LogP contribution >= 0.6 is 15.9 Å². The van der Waals surface area contributed by atoms with Crippen molar-refractivity contribution in [2.45, 2.75) is 12.5 Å². The number of likely N-dealkylation sites (tertiary alicyclic amines) is 1. The number of hydrogen-bond acceptors (Lipinski definition) is 5. The molecule has 7 nitrogen and oxygen atoms in total. The zero-order valence-corrected chi connectivity index (χ0v) is 14.0. The van der Waals surface area contributed by atoms with Crippen molar-refractivity contribution in [3.05, 3.63) is 28.2 Å². The van der Waals surface area contributed by atoms with Gasteiger partial charge in [0.25, 0.3) is 11.8 Å². The van der Waals surface area contributed by atoms with Crippen molar-refractivity contribution in [1.29, 1.82) is 0 Å². The number of nitrogens with zero attached hydrogens (tertiary/aromatic N) is 2. The van der Waals surface area contributed by atoms with Gasteiger partial charge in [0.05, 0.1) is 18.7 Å². The van der Waals surface area contributed by atoms with E-state index < -0.39 is 6.09 Å². The number of rotatable bonds is 3. The highest BCUT2D eigenvalue weighted by molar-refractivity contribution is 9.10. The van der Waals surface area contributed by atoms with Crippen molar-refractivity contribution >= 4 is 33.8 Å². The van der Waals surface area contributed by atoms with Gasteiger partial charge in [0.1, 0.15) is 5.75 Å². The maximum Gasteiger partial charge on any atom is 0.417 e. The molecule has 0 radical (unpaired) electrons. The molecule has 3 amide bonds. The second-order valence-electron chi connectivity index (χ2n) is 5.36. The zero-order chi connectivity index (χ0) is 16.6. The molecular formula is C15H15BrN2O5. The molecule has 0 bridgehead atoms. The van der Waals surface area contributed by atoms with E-state index in [1.54, 1.807) is 23.1 Å². The number of hydrogen-bond donors (Lipinski definition) is 0. The summed E-state index contributed by atoms with van der Waals surface area (Å²) >= 11 is 3.37. The Morgan fingerprint density at radius 1 is 1.39 bits per heavy atom. The number of cyclic esters (lactones) is 1. The van der Waals surface area contributed by atoms with Crippen molar-refractivity contribution in [3.8, 4) is 5.75 Å². The molecule has 1 atom stereocenters. The maximum atomic E-state index is 12.7. The Labute approximate surface area is 141 Å². The molecule has 0 spiro atoms. The number of imide groups is 1. The van der Waals surface area contributed by atoms with E-state index in [0.717, 1.165) is 4.90 Å². The average molecular weight is 383 g/mol. The van der Waals surface area contributed by atoms with Gasteiger partial charge in [0, 0.05) is 17.6 Å². The molecule has 1 aromatic rings. The minimum Gasteiger partial charge on any atom is -0.497 e. The quantitative estimate of drug-likeness (QED) is 0.794. The van der Waals surface area contributed by atoms with Gasteiger partial charge >= 0.3 is 6.09 Å². The smallest absolute Gasteiger partial charge is 0.417 e.